The van der Waals surface area contributed by atoms with Crippen LogP contribution in [0.4, 0.5) is 13.2 Å². The van der Waals surface area contributed by atoms with Crippen molar-refractivity contribution >= 4 is 11.8 Å². The molecular formula is C19H21F3N2O2. The lowest BCUT2D eigenvalue weighted by Crippen LogP contribution is -2.37. The molecule has 4 rings (SSSR count). The number of rotatable bonds is 4. The predicted molar refractivity (Wildman–Crippen MR) is 88.1 cm³/mol. The molecule has 2 unspecified atom stereocenters. The van der Waals surface area contributed by atoms with Gasteiger partial charge in [0.05, 0.1) is 11.5 Å². The van der Waals surface area contributed by atoms with Gasteiger partial charge in [-0.05, 0) is 37.3 Å². The molecule has 2 saturated carbocycles. The summed E-state index contributed by atoms with van der Waals surface area (Å²) < 4.78 is 39.2. The highest BCUT2D eigenvalue weighted by atomic mass is 19.4. The van der Waals surface area contributed by atoms with Crippen molar-refractivity contribution in [1.29, 1.82) is 0 Å². The Morgan fingerprint density at radius 3 is 2.42 bits per heavy atom. The van der Waals surface area contributed by atoms with Crippen LogP contribution >= 0.6 is 0 Å². The second-order valence-electron chi connectivity index (χ2n) is 7.64. The molecule has 26 heavy (non-hydrogen) atoms. The molecule has 140 valence electrons. The lowest BCUT2D eigenvalue weighted by atomic mass is 9.87. The monoisotopic (exact) mass is 366 g/mol. The highest BCUT2D eigenvalue weighted by Crippen LogP contribution is 2.39. The van der Waals surface area contributed by atoms with E-state index in [1.54, 1.807) is 11.0 Å². The quantitative estimate of drug-likeness (QED) is 0.891. The summed E-state index contributed by atoms with van der Waals surface area (Å²) in [5, 5.41) is 2.95. The highest BCUT2D eigenvalue weighted by Gasteiger charge is 2.45. The Balaban J connectivity index is 1.59. The summed E-state index contributed by atoms with van der Waals surface area (Å²) in [5.41, 5.74) is -0.245. The zero-order valence-corrected chi connectivity index (χ0v) is 14.3. The van der Waals surface area contributed by atoms with Crippen LogP contribution in [0.25, 0.3) is 0 Å². The number of halogens is 3. The first-order valence-corrected chi connectivity index (χ1v) is 9.09. The summed E-state index contributed by atoms with van der Waals surface area (Å²) in [6.07, 6.45) is -0.816. The van der Waals surface area contributed by atoms with Crippen LogP contribution in [-0.2, 0) is 15.8 Å². The molecule has 1 heterocycles. The number of amides is 2. The highest BCUT2D eigenvalue weighted by molar-refractivity contribution is 5.85. The summed E-state index contributed by atoms with van der Waals surface area (Å²) in [4.78, 5) is 26.7. The van der Waals surface area contributed by atoms with Gasteiger partial charge in [0.15, 0.2) is 0 Å². The van der Waals surface area contributed by atoms with E-state index in [4.69, 9.17) is 0 Å². The SMILES string of the molecule is O=C(NC1CC1)C1CN(C(=O)C2CC2)CC1c1cccc(C(F)(F)F)c1. The average Bonchev–Trinajstić information content (AvgIpc) is 3.52. The standard InChI is InChI=1S/C19H21F3N2O2/c20-19(21,22)13-3-1-2-12(8-13)15-9-24(18(26)11-4-5-11)10-16(15)17(25)23-14-6-7-14/h1-3,8,11,14-16H,4-7,9-10H2,(H,23,25). The van der Waals surface area contributed by atoms with Crippen molar-refractivity contribution in [3.05, 3.63) is 35.4 Å². The maximum atomic E-state index is 13.1. The molecule has 1 saturated heterocycles. The Bertz CT molecular complexity index is 726. The number of hydrogen-bond donors (Lipinski definition) is 1. The molecule has 1 N–H and O–H groups in total. The van der Waals surface area contributed by atoms with Gasteiger partial charge in [-0.3, -0.25) is 9.59 Å². The molecule has 1 aromatic rings. The minimum absolute atomic E-state index is 0.0300. The Kier molecular flexibility index (Phi) is 4.20. The van der Waals surface area contributed by atoms with E-state index >= 15 is 0 Å². The van der Waals surface area contributed by atoms with Crippen LogP contribution in [0.15, 0.2) is 24.3 Å². The van der Waals surface area contributed by atoms with Crippen LogP contribution in [0, 0.1) is 11.8 Å². The van der Waals surface area contributed by atoms with Crippen molar-refractivity contribution in [1.82, 2.24) is 10.2 Å². The largest absolute Gasteiger partial charge is 0.416 e. The van der Waals surface area contributed by atoms with Crippen LogP contribution < -0.4 is 5.32 Å². The van der Waals surface area contributed by atoms with Crippen molar-refractivity contribution in [2.45, 2.75) is 43.8 Å². The topological polar surface area (TPSA) is 49.4 Å². The van der Waals surface area contributed by atoms with Crippen LogP contribution in [0.3, 0.4) is 0 Å². The first-order valence-electron chi connectivity index (χ1n) is 9.09. The molecule has 0 spiro atoms. The third kappa shape index (κ3) is 3.57. The fourth-order valence-electron chi connectivity index (χ4n) is 3.66. The number of benzene rings is 1. The first kappa shape index (κ1) is 17.4. The second kappa shape index (κ2) is 6.28. The van der Waals surface area contributed by atoms with E-state index in [-0.39, 0.29) is 30.3 Å². The summed E-state index contributed by atoms with van der Waals surface area (Å²) in [5.74, 6) is -0.993. The van der Waals surface area contributed by atoms with E-state index in [2.05, 4.69) is 5.32 Å². The predicted octanol–water partition coefficient (Wildman–Crippen LogP) is 2.94. The van der Waals surface area contributed by atoms with E-state index in [0.29, 0.717) is 12.1 Å². The lowest BCUT2D eigenvalue weighted by Gasteiger charge is -2.19. The van der Waals surface area contributed by atoms with E-state index in [0.717, 1.165) is 37.8 Å². The van der Waals surface area contributed by atoms with Crippen molar-refractivity contribution in [3.8, 4) is 0 Å². The molecule has 7 heteroatoms. The number of likely N-dealkylation sites (tertiary alicyclic amines) is 1. The minimum atomic E-state index is -4.43. The van der Waals surface area contributed by atoms with Gasteiger partial charge in [-0.1, -0.05) is 18.2 Å². The molecule has 1 aliphatic heterocycles. The molecule has 0 aromatic heterocycles. The first-order chi connectivity index (χ1) is 12.3. The van der Waals surface area contributed by atoms with Gasteiger partial charge >= 0.3 is 6.18 Å². The number of hydrogen-bond acceptors (Lipinski definition) is 2. The second-order valence-corrected chi connectivity index (χ2v) is 7.64. The van der Waals surface area contributed by atoms with E-state index in [1.165, 1.54) is 6.07 Å². The van der Waals surface area contributed by atoms with Crippen LogP contribution in [0.2, 0.25) is 0 Å². The van der Waals surface area contributed by atoms with E-state index < -0.39 is 23.6 Å². The molecule has 0 bridgehead atoms. The third-order valence-electron chi connectivity index (χ3n) is 5.46. The smallest absolute Gasteiger partial charge is 0.353 e. The number of nitrogens with zero attached hydrogens (tertiary/aromatic N) is 1. The number of alkyl halides is 3. The summed E-state index contributed by atoms with van der Waals surface area (Å²) in [7, 11) is 0. The van der Waals surface area contributed by atoms with Crippen LogP contribution in [0.1, 0.15) is 42.7 Å². The third-order valence-corrected chi connectivity index (χ3v) is 5.46. The van der Waals surface area contributed by atoms with Gasteiger partial charge in [0.2, 0.25) is 11.8 Å². The Hall–Kier alpha value is -2.05. The van der Waals surface area contributed by atoms with Crippen molar-refractivity contribution < 1.29 is 22.8 Å². The van der Waals surface area contributed by atoms with Crippen LogP contribution in [0.5, 0.6) is 0 Å². The molecule has 3 fully saturated rings. The van der Waals surface area contributed by atoms with Gasteiger partial charge in [0.25, 0.3) is 0 Å². The fourth-order valence-corrected chi connectivity index (χ4v) is 3.66. The maximum Gasteiger partial charge on any atom is 0.416 e. The van der Waals surface area contributed by atoms with Crippen LogP contribution in [-0.4, -0.2) is 35.8 Å². The number of carbonyl (C=O) groups excluding carboxylic acids is 2. The van der Waals surface area contributed by atoms with Gasteiger partial charge in [0, 0.05) is 31.0 Å². The molecular weight excluding hydrogens is 345 g/mol. The lowest BCUT2D eigenvalue weighted by molar-refractivity contribution is -0.137. The van der Waals surface area contributed by atoms with E-state index in [9.17, 15) is 22.8 Å². The van der Waals surface area contributed by atoms with E-state index in [1.807, 2.05) is 0 Å². The average molecular weight is 366 g/mol. The normalized spacial score (nSPS) is 26.0. The Morgan fingerprint density at radius 2 is 1.81 bits per heavy atom. The van der Waals surface area contributed by atoms with Crippen molar-refractivity contribution in [2.75, 3.05) is 13.1 Å². The number of carbonyl (C=O) groups is 2. The van der Waals surface area contributed by atoms with Crippen molar-refractivity contribution in [3.63, 3.8) is 0 Å². The van der Waals surface area contributed by atoms with Gasteiger partial charge in [-0.25, -0.2) is 0 Å². The molecule has 2 atom stereocenters. The fraction of sp³-hybridized carbons (Fsp3) is 0.579. The molecule has 0 radical (unpaired) electrons. The number of nitrogens with one attached hydrogen (secondary N) is 1. The van der Waals surface area contributed by atoms with Crippen molar-refractivity contribution in [2.24, 2.45) is 11.8 Å². The van der Waals surface area contributed by atoms with Gasteiger partial charge in [0.1, 0.15) is 0 Å². The Morgan fingerprint density at radius 1 is 1.08 bits per heavy atom. The summed E-state index contributed by atoms with van der Waals surface area (Å²) >= 11 is 0. The summed E-state index contributed by atoms with van der Waals surface area (Å²) in [6, 6.07) is 5.33. The molecule has 1 aromatic carbocycles. The van der Waals surface area contributed by atoms with Gasteiger partial charge in [-0.2, -0.15) is 13.2 Å². The minimum Gasteiger partial charge on any atom is -0.353 e. The molecule has 2 amide bonds. The molecule has 4 nitrogen and oxygen atoms in total. The zero-order chi connectivity index (χ0) is 18.5. The Labute approximate surface area is 149 Å². The summed E-state index contributed by atoms with van der Waals surface area (Å²) in [6.45, 7) is 0.591. The zero-order valence-electron chi connectivity index (χ0n) is 14.3. The maximum absolute atomic E-state index is 13.1. The van der Waals surface area contributed by atoms with Gasteiger partial charge in [-0.15, -0.1) is 0 Å². The molecule has 3 aliphatic rings. The van der Waals surface area contributed by atoms with Gasteiger partial charge < -0.3 is 10.2 Å². The molecule has 2 aliphatic carbocycles.